The predicted molar refractivity (Wildman–Crippen MR) is 112 cm³/mol. The molecule has 1 heterocycles. The molecule has 0 saturated heterocycles. The van der Waals surface area contributed by atoms with Crippen LogP contribution in [0.1, 0.15) is 36.1 Å². The minimum atomic E-state index is -0.125. The number of hydrogen-bond donors (Lipinski definition) is 1. The number of allylic oxidation sites excluding steroid dienone is 2. The van der Waals surface area contributed by atoms with E-state index in [0.717, 1.165) is 16.8 Å². The first-order valence-electron chi connectivity index (χ1n) is 8.92. The van der Waals surface area contributed by atoms with Crippen molar-refractivity contribution in [3.63, 3.8) is 0 Å². The Balaban J connectivity index is 0.000000425. The third-order valence-corrected chi connectivity index (χ3v) is 4.29. The molecule has 0 aliphatic carbocycles. The number of aromatic nitrogens is 1. The van der Waals surface area contributed by atoms with Crippen molar-refractivity contribution in [2.45, 2.75) is 41.5 Å². The molecule has 3 nitrogen and oxygen atoms in total. The van der Waals surface area contributed by atoms with Crippen LogP contribution in [0.5, 0.6) is 0 Å². The number of carbonyl (C=O) groups is 1. The molecule has 0 saturated carbocycles. The summed E-state index contributed by atoms with van der Waals surface area (Å²) in [5.41, 5.74) is 8.18. The third-order valence-electron chi connectivity index (χ3n) is 4.29. The minimum Gasteiger partial charge on any atom is -0.512 e. The van der Waals surface area contributed by atoms with Crippen LogP contribution in [-0.2, 0) is 24.9 Å². The van der Waals surface area contributed by atoms with Gasteiger partial charge in [0.1, 0.15) is 0 Å². The second kappa shape index (κ2) is 10.3. The van der Waals surface area contributed by atoms with E-state index in [1.54, 1.807) is 0 Å². The summed E-state index contributed by atoms with van der Waals surface area (Å²) in [5, 5.41) is 9.59. The molecule has 0 aliphatic rings. The van der Waals surface area contributed by atoms with Gasteiger partial charge in [0, 0.05) is 31.6 Å². The molecule has 1 N–H and O–H groups in total. The van der Waals surface area contributed by atoms with Gasteiger partial charge in [-0.1, -0.05) is 32.0 Å². The zero-order valence-corrected chi connectivity index (χ0v) is 19.6. The summed E-state index contributed by atoms with van der Waals surface area (Å²) in [6.07, 6.45) is 1.17. The number of aliphatic hydroxyl groups is 1. The number of nitrogens with zero attached hydrogens (tertiary/aromatic N) is 1. The molecule has 0 bridgehead atoms. The zero-order chi connectivity index (χ0) is 20.1. The van der Waals surface area contributed by atoms with Crippen molar-refractivity contribution in [2.24, 2.45) is 0 Å². The topological polar surface area (TPSA) is 50.2 Å². The molecular weight excluding hydrogens is 526 g/mol. The largest absolute Gasteiger partial charge is 0.512 e. The van der Waals surface area contributed by atoms with Crippen molar-refractivity contribution in [3.05, 3.63) is 76.6 Å². The van der Waals surface area contributed by atoms with Gasteiger partial charge in [0.15, 0.2) is 5.78 Å². The number of benzene rings is 2. The van der Waals surface area contributed by atoms with E-state index in [4.69, 9.17) is 10.1 Å². The Morgan fingerprint density at radius 3 is 2.21 bits per heavy atom. The Morgan fingerprint density at radius 1 is 1.00 bits per heavy atom. The average Bonchev–Trinajstić information content (AvgIpc) is 2.56. The van der Waals surface area contributed by atoms with E-state index in [9.17, 15) is 4.79 Å². The minimum absolute atomic E-state index is 0. The van der Waals surface area contributed by atoms with E-state index in [0.29, 0.717) is 0 Å². The van der Waals surface area contributed by atoms with Crippen LogP contribution < -0.4 is 0 Å². The number of ketones is 1. The molecule has 149 valence electrons. The van der Waals surface area contributed by atoms with Crippen LogP contribution in [0, 0.1) is 33.8 Å². The number of aliphatic hydroxyl groups excluding tert-OH is 1. The Bertz CT molecular complexity index is 1020. The number of aryl methyl sites for hydroxylation is 4. The number of carbonyl (C=O) groups excluding carboxylic acids is 1. The van der Waals surface area contributed by atoms with E-state index in [1.165, 1.54) is 47.6 Å². The summed E-state index contributed by atoms with van der Waals surface area (Å²) in [5.74, 6) is -0.0625. The van der Waals surface area contributed by atoms with E-state index in [-0.39, 0.29) is 31.6 Å². The molecule has 0 amide bonds. The number of fused-ring (bicyclic) bond motifs is 1. The standard InChI is InChI=1S/C19H18N.C5H8O2.Ir/c1-12-5-8-17-15(4)11-18(20-19(17)9-12)16-7-6-13(2)14(3)10-16;1-4(6)3-5(2)7;/h5-6,8-11H,1-4H3;3,6H,1-2H3;/q-1;;/b;4-3-;. The molecule has 3 aromatic rings. The van der Waals surface area contributed by atoms with Gasteiger partial charge in [-0.15, -0.1) is 34.9 Å². The van der Waals surface area contributed by atoms with E-state index in [1.807, 2.05) is 6.07 Å². The summed E-state index contributed by atoms with van der Waals surface area (Å²) >= 11 is 0. The van der Waals surface area contributed by atoms with Gasteiger partial charge < -0.3 is 5.11 Å². The SMILES string of the molecule is CC(=O)/C=C(/C)O.Cc1ccc2c(C)cc(-c3[c-]cc(C)c(C)c3)nc2c1.[Ir]. The number of pyridine rings is 1. The monoisotopic (exact) mass is 553 g/mol. The molecular formula is C24H26IrNO2-. The van der Waals surface area contributed by atoms with Crippen LogP contribution in [0.3, 0.4) is 0 Å². The molecule has 0 atom stereocenters. The van der Waals surface area contributed by atoms with Gasteiger partial charge >= 0.3 is 0 Å². The Hall–Kier alpha value is -2.29. The molecule has 3 rings (SSSR count). The molecule has 28 heavy (non-hydrogen) atoms. The molecule has 0 unspecified atom stereocenters. The fourth-order valence-corrected chi connectivity index (χ4v) is 2.76. The molecule has 0 fully saturated rings. The van der Waals surface area contributed by atoms with Gasteiger partial charge in [-0.25, -0.2) is 0 Å². The third kappa shape index (κ3) is 6.40. The molecule has 0 aliphatic heterocycles. The molecule has 2 aromatic carbocycles. The molecule has 1 radical (unpaired) electrons. The molecule has 0 spiro atoms. The van der Waals surface area contributed by atoms with Crippen LogP contribution in [0.25, 0.3) is 22.2 Å². The normalized spacial score (nSPS) is 10.7. The van der Waals surface area contributed by atoms with Crippen LogP contribution in [0.15, 0.2) is 48.2 Å². The summed E-state index contributed by atoms with van der Waals surface area (Å²) in [7, 11) is 0. The van der Waals surface area contributed by atoms with Crippen molar-refractivity contribution in [3.8, 4) is 11.3 Å². The Kier molecular flexibility index (Phi) is 8.74. The van der Waals surface area contributed by atoms with Gasteiger partial charge in [-0.2, -0.15) is 0 Å². The fraction of sp³-hybridized carbons (Fsp3) is 0.250. The quantitative estimate of drug-likeness (QED) is 0.242. The van der Waals surface area contributed by atoms with Crippen LogP contribution >= 0.6 is 0 Å². The fourth-order valence-electron chi connectivity index (χ4n) is 2.76. The maximum atomic E-state index is 10.0. The van der Waals surface area contributed by atoms with Crippen molar-refractivity contribution in [2.75, 3.05) is 0 Å². The maximum absolute atomic E-state index is 10.0. The first kappa shape index (κ1) is 23.7. The number of rotatable bonds is 2. The predicted octanol–water partition coefficient (Wildman–Crippen LogP) is 5.97. The average molecular weight is 553 g/mol. The molecule has 4 heteroatoms. The van der Waals surface area contributed by atoms with Gasteiger partial charge in [0.25, 0.3) is 0 Å². The summed E-state index contributed by atoms with van der Waals surface area (Å²) in [6, 6.07) is 16.1. The summed E-state index contributed by atoms with van der Waals surface area (Å²) in [4.78, 5) is 14.8. The van der Waals surface area contributed by atoms with Crippen LogP contribution in [0.2, 0.25) is 0 Å². The zero-order valence-electron chi connectivity index (χ0n) is 17.2. The summed E-state index contributed by atoms with van der Waals surface area (Å²) in [6.45, 7) is 11.3. The maximum Gasteiger partial charge on any atom is 0.155 e. The van der Waals surface area contributed by atoms with Gasteiger partial charge in [-0.3, -0.25) is 9.78 Å². The van der Waals surface area contributed by atoms with E-state index < -0.39 is 0 Å². The van der Waals surface area contributed by atoms with E-state index in [2.05, 4.69) is 64.1 Å². The summed E-state index contributed by atoms with van der Waals surface area (Å²) < 4.78 is 0. The second-order valence-electron chi connectivity index (χ2n) is 6.95. The van der Waals surface area contributed by atoms with E-state index >= 15 is 0 Å². The van der Waals surface area contributed by atoms with Crippen LogP contribution in [0.4, 0.5) is 0 Å². The Morgan fingerprint density at radius 2 is 1.68 bits per heavy atom. The Labute approximate surface area is 180 Å². The van der Waals surface area contributed by atoms with Crippen molar-refractivity contribution < 1.29 is 30.0 Å². The number of hydrogen-bond acceptors (Lipinski definition) is 3. The van der Waals surface area contributed by atoms with Crippen molar-refractivity contribution in [1.82, 2.24) is 4.98 Å². The van der Waals surface area contributed by atoms with Gasteiger partial charge in [0.2, 0.25) is 0 Å². The van der Waals surface area contributed by atoms with Crippen molar-refractivity contribution >= 4 is 16.7 Å². The van der Waals surface area contributed by atoms with Gasteiger partial charge in [-0.05, 0) is 50.6 Å². The van der Waals surface area contributed by atoms with Crippen LogP contribution in [-0.4, -0.2) is 15.9 Å². The van der Waals surface area contributed by atoms with Gasteiger partial charge in [0.05, 0.1) is 11.3 Å². The first-order valence-corrected chi connectivity index (χ1v) is 8.92. The van der Waals surface area contributed by atoms with Crippen molar-refractivity contribution in [1.29, 1.82) is 0 Å². The molecule has 1 aromatic heterocycles. The second-order valence-corrected chi connectivity index (χ2v) is 6.95. The smallest absolute Gasteiger partial charge is 0.155 e. The first-order chi connectivity index (χ1) is 12.7.